The molecule has 0 bridgehead atoms. The van der Waals surface area contributed by atoms with Gasteiger partial charge in [-0.2, -0.15) is 0 Å². The molecular formula is C10H7N3O6. The molecule has 98 valence electrons. The maximum absolute atomic E-state index is 11.6. The number of aliphatic carboxylic acids is 1. The summed E-state index contributed by atoms with van der Waals surface area (Å²) in [7, 11) is 0. The Morgan fingerprint density at radius 1 is 1.42 bits per heavy atom. The van der Waals surface area contributed by atoms with E-state index in [0.29, 0.717) is 4.57 Å². The van der Waals surface area contributed by atoms with Crippen molar-refractivity contribution in [3.05, 3.63) is 49.0 Å². The van der Waals surface area contributed by atoms with E-state index >= 15 is 0 Å². The van der Waals surface area contributed by atoms with Gasteiger partial charge in [-0.3, -0.25) is 29.1 Å². The zero-order valence-corrected chi connectivity index (χ0v) is 9.32. The second kappa shape index (κ2) is 4.37. The highest BCUT2D eigenvalue weighted by molar-refractivity contribution is 5.79. The maximum atomic E-state index is 11.6. The number of nitrogens with one attached hydrogen (secondary N) is 1. The molecule has 0 saturated heterocycles. The average Bonchev–Trinajstić information content (AvgIpc) is 2.34. The van der Waals surface area contributed by atoms with Crippen molar-refractivity contribution in [2.45, 2.75) is 6.54 Å². The van der Waals surface area contributed by atoms with Gasteiger partial charge in [0.1, 0.15) is 6.54 Å². The van der Waals surface area contributed by atoms with Crippen LogP contribution in [0.3, 0.4) is 0 Å². The first kappa shape index (κ1) is 12.5. The molecule has 0 aliphatic carbocycles. The van der Waals surface area contributed by atoms with Crippen molar-refractivity contribution in [3.8, 4) is 0 Å². The van der Waals surface area contributed by atoms with Gasteiger partial charge >= 0.3 is 17.1 Å². The van der Waals surface area contributed by atoms with Gasteiger partial charge in [0.25, 0.3) is 5.69 Å². The summed E-state index contributed by atoms with van der Waals surface area (Å²) in [5.41, 5.74) is -2.23. The van der Waals surface area contributed by atoms with Crippen molar-refractivity contribution in [3.63, 3.8) is 0 Å². The molecule has 1 heterocycles. The minimum Gasteiger partial charge on any atom is -0.480 e. The van der Waals surface area contributed by atoms with Crippen LogP contribution in [-0.4, -0.2) is 25.6 Å². The summed E-state index contributed by atoms with van der Waals surface area (Å²) in [5.74, 6) is -1.33. The fourth-order valence-electron chi connectivity index (χ4n) is 1.66. The van der Waals surface area contributed by atoms with Crippen molar-refractivity contribution < 1.29 is 14.8 Å². The molecule has 9 heteroatoms. The summed E-state index contributed by atoms with van der Waals surface area (Å²) < 4.78 is 0.684. The van der Waals surface area contributed by atoms with E-state index < -0.39 is 28.6 Å². The lowest BCUT2D eigenvalue weighted by Gasteiger charge is -2.06. The van der Waals surface area contributed by atoms with Crippen LogP contribution >= 0.6 is 0 Å². The van der Waals surface area contributed by atoms with Crippen LogP contribution in [0.25, 0.3) is 11.0 Å². The van der Waals surface area contributed by atoms with Crippen LogP contribution in [0.2, 0.25) is 0 Å². The van der Waals surface area contributed by atoms with Gasteiger partial charge in [-0.15, -0.1) is 0 Å². The van der Waals surface area contributed by atoms with Crippen LogP contribution in [0.4, 0.5) is 5.69 Å². The largest absolute Gasteiger partial charge is 0.480 e. The third kappa shape index (κ3) is 2.20. The number of aromatic nitrogens is 2. The van der Waals surface area contributed by atoms with Crippen LogP contribution in [0, 0.1) is 10.1 Å². The molecule has 2 aromatic rings. The molecule has 19 heavy (non-hydrogen) atoms. The van der Waals surface area contributed by atoms with Crippen LogP contribution in [0.5, 0.6) is 0 Å². The molecule has 0 saturated carbocycles. The van der Waals surface area contributed by atoms with E-state index in [1.807, 2.05) is 0 Å². The standard InChI is InChI=1S/C10H7N3O6/c14-8(15)4-12-7-3-5(13(18)19)1-2-6(7)11-9(16)10(12)17/h1-3H,4H2,(H,11,16)(H,14,15). The van der Waals surface area contributed by atoms with Crippen LogP contribution < -0.4 is 11.1 Å². The van der Waals surface area contributed by atoms with Crippen molar-refractivity contribution >= 4 is 22.7 Å². The number of aromatic amines is 1. The number of nitro benzene ring substituents is 1. The van der Waals surface area contributed by atoms with Crippen molar-refractivity contribution in [2.24, 2.45) is 0 Å². The highest BCUT2D eigenvalue weighted by Crippen LogP contribution is 2.17. The summed E-state index contributed by atoms with van der Waals surface area (Å²) in [6.07, 6.45) is 0. The third-order valence-electron chi connectivity index (χ3n) is 2.46. The van der Waals surface area contributed by atoms with E-state index in [1.165, 1.54) is 6.07 Å². The lowest BCUT2D eigenvalue weighted by atomic mass is 10.2. The molecular weight excluding hydrogens is 258 g/mol. The van der Waals surface area contributed by atoms with E-state index in [-0.39, 0.29) is 16.7 Å². The highest BCUT2D eigenvalue weighted by atomic mass is 16.6. The SMILES string of the molecule is O=C(O)Cn1c(=O)c(=O)[nH]c2ccc([N+](=O)[O-])cc21. The minimum atomic E-state index is -1.33. The van der Waals surface area contributed by atoms with E-state index in [0.717, 1.165) is 12.1 Å². The molecule has 0 spiro atoms. The summed E-state index contributed by atoms with van der Waals surface area (Å²) in [4.78, 5) is 45.8. The van der Waals surface area contributed by atoms with Gasteiger partial charge in [0.05, 0.1) is 16.0 Å². The number of nitrogens with zero attached hydrogens (tertiary/aromatic N) is 2. The van der Waals surface area contributed by atoms with Gasteiger partial charge in [-0.1, -0.05) is 0 Å². The van der Waals surface area contributed by atoms with Crippen LogP contribution in [-0.2, 0) is 11.3 Å². The smallest absolute Gasteiger partial charge is 0.323 e. The molecule has 0 fully saturated rings. The molecule has 2 N–H and O–H groups in total. The van der Waals surface area contributed by atoms with Crippen molar-refractivity contribution in [1.82, 2.24) is 9.55 Å². The summed E-state index contributed by atoms with van der Waals surface area (Å²) in [5, 5.41) is 19.4. The molecule has 1 aromatic heterocycles. The molecule has 0 atom stereocenters. The predicted octanol–water partition coefficient (Wildman–Crippen LogP) is -0.317. The van der Waals surface area contributed by atoms with Gasteiger partial charge in [0.15, 0.2) is 0 Å². The van der Waals surface area contributed by atoms with Gasteiger partial charge in [-0.05, 0) is 6.07 Å². The number of H-pyrrole nitrogens is 1. The molecule has 2 rings (SSSR count). The molecule has 0 unspecified atom stereocenters. The maximum Gasteiger partial charge on any atom is 0.323 e. The second-order valence-electron chi connectivity index (χ2n) is 3.70. The number of nitro groups is 1. The quantitative estimate of drug-likeness (QED) is 0.443. The zero-order chi connectivity index (χ0) is 14.2. The van der Waals surface area contributed by atoms with E-state index in [4.69, 9.17) is 5.11 Å². The Balaban J connectivity index is 2.87. The summed E-state index contributed by atoms with van der Waals surface area (Å²) in [6.45, 7) is -0.750. The normalized spacial score (nSPS) is 10.5. The molecule has 0 aliphatic rings. The monoisotopic (exact) mass is 265 g/mol. The molecule has 9 nitrogen and oxygen atoms in total. The van der Waals surface area contributed by atoms with Crippen molar-refractivity contribution in [1.29, 1.82) is 0 Å². The first-order valence-electron chi connectivity index (χ1n) is 5.03. The summed E-state index contributed by atoms with van der Waals surface area (Å²) in [6, 6.07) is 3.43. The fourth-order valence-corrected chi connectivity index (χ4v) is 1.66. The number of hydrogen-bond acceptors (Lipinski definition) is 5. The number of fused-ring (bicyclic) bond motifs is 1. The van der Waals surface area contributed by atoms with E-state index in [2.05, 4.69) is 4.98 Å². The van der Waals surface area contributed by atoms with Crippen molar-refractivity contribution in [2.75, 3.05) is 0 Å². The average molecular weight is 265 g/mol. The lowest BCUT2D eigenvalue weighted by Crippen LogP contribution is -2.37. The van der Waals surface area contributed by atoms with E-state index in [9.17, 15) is 24.5 Å². The highest BCUT2D eigenvalue weighted by Gasteiger charge is 2.14. The Labute approximate surface area is 103 Å². The Kier molecular flexibility index (Phi) is 2.87. The summed E-state index contributed by atoms with van der Waals surface area (Å²) >= 11 is 0. The first-order valence-corrected chi connectivity index (χ1v) is 5.03. The molecule has 0 aliphatic heterocycles. The number of carboxylic acid groups (broad SMARTS) is 1. The number of hydrogen-bond donors (Lipinski definition) is 2. The van der Waals surface area contributed by atoms with Gasteiger partial charge in [0.2, 0.25) is 0 Å². The van der Waals surface area contributed by atoms with Gasteiger partial charge < -0.3 is 10.1 Å². The van der Waals surface area contributed by atoms with Crippen LogP contribution in [0.1, 0.15) is 0 Å². The second-order valence-corrected chi connectivity index (χ2v) is 3.70. The fraction of sp³-hybridized carbons (Fsp3) is 0.100. The Morgan fingerprint density at radius 2 is 2.11 bits per heavy atom. The van der Waals surface area contributed by atoms with Gasteiger partial charge in [0, 0.05) is 12.1 Å². The van der Waals surface area contributed by atoms with Crippen LogP contribution in [0.15, 0.2) is 27.8 Å². The molecule has 0 amide bonds. The predicted molar refractivity (Wildman–Crippen MR) is 63.1 cm³/mol. The number of rotatable bonds is 3. The Hall–Kier alpha value is -2.97. The van der Waals surface area contributed by atoms with E-state index in [1.54, 1.807) is 0 Å². The molecule has 1 aromatic carbocycles. The lowest BCUT2D eigenvalue weighted by molar-refractivity contribution is -0.384. The number of benzene rings is 1. The molecule has 0 radical (unpaired) electrons. The Bertz CT molecular complexity index is 803. The third-order valence-corrected chi connectivity index (χ3v) is 2.46. The number of non-ortho nitro benzene ring substituents is 1. The van der Waals surface area contributed by atoms with Gasteiger partial charge in [-0.25, -0.2) is 0 Å². The number of carbonyl (C=O) groups is 1. The minimum absolute atomic E-state index is 0.0128. The first-order chi connectivity index (χ1) is 8.90. The topological polar surface area (TPSA) is 135 Å². The number of carboxylic acids is 1. The zero-order valence-electron chi connectivity index (χ0n) is 9.32. The Morgan fingerprint density at radius 3 is 2.68 bits per heavy atom.